The van der Waals surface area contributed by atoms with Gasteiger partial charge in [-0.2, -0.15) is 0 Å². The lowest BCUT2D eigenvalue weighted by atomic mass is 10.2. The van der Waals surface area contributed by atoms with Crippen molar-refractivity contribution in [3.8, 4) is 5.75 Å². The summed E-state index contributed by atoms with van der Waals surface area (Å²) in [7, 11) is 1.67. The van der Waals surface area contributed by atoms with Crippen LogP contribution in [0.5, 0.6) is 5.75 Å². The molecule has 1 aromatic carbocycles. The van der Waals surface area contributed by atoms with Crippen molar-refractivity contribution >= 4 is 5.69 Å². The van der Waals surface area contributed by atoms with Crippen molar-refractivity contribution in [2.45, 2.75) is 6.54 Å². The maximum atomic E-state index is 5.70. The van der Waals surface area contributed by atoms with Crippen LogP contribution in [0, 0.1) is 0 Å². The first-order valence-corrected chi connectivity index (χ1v) is 6.31. The van der Waals surface area contributed by atoms with Gasteiger partial charge in [0.1, 0.15) is 5.75 Å². The van der Waals surface area contributed by atoms with E-state index in [2.05, 4.69) is 22.0 Å². The number of methoxy groups -OCH3 is 1. The summed E-state index contributed by atoms with van der Waals surface area (Å²) in [6.45, 7) is 2.26. The Balaban J connectivity index is 2.14. The summed E-state index contributed by atoms with van der Waals surface area (Å²) in [5, 5.41) is 0. The van der Waals surface area contributed by atoms with Crippen LogP contribution in [0.1, 0.15) is 5.56 Å². The second kappa shape index (κ2) is 6.75. The fraction of sp³-hybridized carbons (Fsp3) is 0.267. The van der Waals surface area contributed by atoms with Crippen molar-refractivity contribution in [2.24, 2.45) is 5.73 Å². The van der Waals surface area contributed by atoms with Gasteiger partial charge >= 0.3 is 0 Å². The molecule has 1 aromatic heterocycles. The van der Waals surface area contributed by atoms with Crippen LogP contribution >= 0.6 is 0 Å². The van der Waals surface area contributed by atoms with Crippen molar-refractivity contribution < 1.29 is 4.74 Å². The number of nitrogens with zero attached hydrogens (tertiary/aromatic N) is 2. The molecule has 0 aliphatic carbocycles. The molecule has 2 N–H and O–H groups in total. The first-order chi connectivity index (χ1) is 9.33. The molecule has 4 heteroatoms. The van der Waals surface area contributed by atoms with E-state index in [0.717, 1.165) is 24.5 Å². The van der Waals surface area contributed by atoms with Crippen LogP contribution in [0.15, 0.2) is 48.8 Å². The molecule has 0 unspecified atom stereocenters. The monoisotopic (exact) mass is 257 g/mol. The quantitative estimate of drug-likeness (QED) is 0.860. The first-order valence-electron chi connectivity index (χ1n) is 6.31. The van der Waals surface area contributed by atoms with E-state index in [4.69, 9.17) is 10.5 Å². The van der Waals surface area contributed by atoms with Crippen LogP contribution in [0.25, 0.3) is 0 Å². The van der Waals surface area contributed by atoms with Crippen molar-refractivity contribution in [1.82, 2.24) is 4.98 Å². The third kappa shape index (κ3) is 3.69. The maximum absolute atomic E-state index is 5.70. The molecule has 0 fully saturated rings. The van der Waals surface area contributed by atoms with Crippen molar-refractivity contribution in [1.29, 1.82) is 0 Å². The number of hydrogen-bond donors (Lipinski definition) is 1. The van der Waals surface area contributed by atoms with Gasteiger partial charge in [0.05, 0.1) is 7.11 Å². The Hall–Kier alpha value is -2.07. The second-order valence-corrected chi connectivity index (χ2v) is 4.26. The summed E-state index contributed by atoms with van der Waals surface area (Å²) in [4.78, 5) is 6.28. The average molecular weight is 257 g/mol. The van der Waals surface area contributed by atoms with Crippen LogP contribution in [0.4, 0.5) is 5.69 Å². The minimum atomic E-state index is 0.622. The Labute approximate surface area is 113 Å². The summed E-state index contributed by atoms with van der Waals surface area (Å²) in [6.07, 6.45) is 3.62. The number of rotatable bonds is 6. The highest BCUT2D eigenvalue weighted by atomic mass is 16.5. The summed E-state index contributed by atoms with van der Waals surface area (Å²) >= 11 is 0. The molecule has 2 rings (SSSR count). The van der Waals surface area contributed by atoms with Crippen molar-refractivity contribution in [3.05, 3.63) is 54.4 Å². The van der Waals surface area contributed by atoms with Crippen LogP contribution < -0.4 is 15.4 Å². The minimum Gasteiger partial charge on any atom is -0.497 e. The van der Waals surface area contributed by atoms with Crippen LogP contribution in [-0.4, -0.2) is 25.2 Å². The highest BCUT2D eigenvalue weighted by Crippen LogP contribution is 2.20. The average Bonchev–Trinajstić information content (AvgIpc) is 2.48. The van der Waals surface area contributed by atoms with Crippen LogP contribution in [0.3, 0.4) is 0 Å². The summed E-state index contributed by atoms with van der Waals surface area (Å²) in [5.41, 5.74) is 8.06. The maximum Gasteiger partial charge on any atom is 0.119 e. The number of nitrogens with two attached hydrogens (primary N) is 1. The van der Waals surface area contributed by atoms with E-state index in [1.807, 2.05) is 36.7 Å². The predicted octanol–water partition coefficient (Wildman–Crippen LogP) is 2.06. The molecule has 4 nitrogen and oxygen atoms in total. The van der Waals surface area contributed by atoms with Gasteiger partial charge in [-0.25, -0.2) is 0 Å². The molecule has 0 saturated heterocycles. The molecule has 2 aromatic rings. The number of aromatic nitrogens is 1. The molecule has 0 aliphatic rings. The Morgan fingerprint density at radius 3 is 2.37 bits per heavy atom. The Bertz CT molecular complexity index is 485. The molecule has 100 valence electrons. The third-order valence-corrected chi connectivity index (χ3v) is 2.96. The fourth-order valence-corrected chi connectivity index (χ4v) is 1.96. The molecule has 0 saturated carbocycles. The molecule has 0 bridgehead atoms. The zero-order valence-corrected chi connectivity index (χ0v) is 11.1. The van der Waals surface area contributed by atoms with E-state index in [1.165, 1.54) is 5.56 Å². The largest absolute Gasteiger partial charge is 0.497 e. The van der Waals surface area contributed by atoms with Gasteiger partial charge < -0.3 is 15.4 Å². The third-order valence-electron chi connectivity index (χ3n) is 2.96. The minimum absolute atomic E-state index is 0.622. The molecule has 0 radical (unpaired) electrons. The Kier molecular flexibility index (Phi) is 4.75. The van der Waals surface area contributed by atoms with E-state index < -0.39 is 0 Å². The van der Waals surface area contributed by atoms with Gasteiger partial charge in [-0.15, -0.1) is 0 Å². The fourth-order valence-electron chi connectivity index (χ4n) is 1.96. The Morgan fingerprint density at radius 1 is 1.11 bits per heavy atom. The summed E-state index contributed by atoms with van der Waals surface area (Å²) < 4.78 is 5.18. The van der Waals surface area contributed by atoms with E-state index in [1.54, 1.807) is 7.11 Å². The number of anilines is 1. The standard InChI is InChI=1S/C15H19N3O/c1-19-15-4-2-14(3-5-15)18(11-8-16)12-13-6-9-17-10-7-13/h2-7,9-10H,8,11-12,16H2,1H3. The van der Waals surface area contributed by atoms with E-state index in [0.29, 0.717) is 6.54 Å². The molecular formula is C15H19N3O. The van der Waals surface area contributed by atoms with Crippen LogP contribution in [-0.2, 0) is 6.54 Å². The number of hydrogen-bond acceptors (Lipinski definition) is 4. The lowest BCUT2D eigenvalue weighted by molar-refractivity contribution is 0.415. The summed E-state index contributed by atoms with van der Waals surface area (Å²) in [5.74, 6) is 0.861. The summed E-state index contributed by atoms with van der Waals surface area (Å²) in [6, 6.07) is 12.1. The number of ether oxygens (including phenoxy) is 1. The smallest absolute Gasteiger partial charge is 0.119 e. The molecule has 0 spiro atoms. The van der Waals surface area contributed by atoms with Gasteiger partial charge in [-0.3, -0.25) is 4.98 Å². The molecule has 19 heavy (non-hydrogen) atoms. The van der Waals surface area contributed by atoms with E-state index >= 15 is 0 Å². The van der Waals surface area contributed by atoms with Gasteiger partial charge in [0, 0.05) is 37.7 Å². The topological polar surface area (TPSA) is 51.4 Å². The highest BCUT2D eigenvalue weighted by Gasteiger charge is 2.06. The number of benzene rings is 1. The molecule has 0 atom stereocenters. The van der Waals surface area contributed by atoms with Crippen LogP contribution in [0.2, 0.25) is 0 Å². The molecular weight excluding hydrogens is 238 g/mol. The normalized spacial score (nSPS) is 10.2. The van der Waals surface area contributed by atoms with Crippen molar-refractivity contribution in [3.63, 3.8) is 0 Å². The highest BCUT2D eigenvalue weighted by molar-refractivity contribution is 5.49. The lowest BCUT2D eigenvalue weighted by Crippen LogP contribution is -2.28. The van der Waals surface area contributed by atoms with Gasteiger partial charge in [0.2, 0.25) is 0 Å². The number of pyridine rings is 1. The van der Waals surface area contributed by atoms with Gasteiger partial charge in [0.15, 0.2) is 0 Å². The lowest BCUT2D eigenvalue weighted by Gasteiger charge is -2.24. The second-order valence-electron chi connectivity index (χ2n) is 4.26. The zero-order valence-electron chi connectivity index (χ0n) is 11.1. The molecule has 0 amide bonds. The molecule has 0 aliphatic heterocycles. The van der Waals surface area contributed by atoms with E-state index in [-0.39, 0.29) is 0 Å². The van der Waals surface area contributed by atoms with Gasteiger partial charge in [-0.1, -0.05) is 0 Å². The predicted molar refractivity (Wildman–Crippen MR) is 77.3 cm³/mol. The first kappa shape index (κ1) is 13.4. The Morgan fingerprint density at radius 2 is 1.79 bits per heavy atom. The SMILES string of the molecule is COc1ccc(N(CCN)Cc2ccncc2)cc1. The van der Waals surface area contributed by atoms with Crippen molar-refractivity contribution in [2.75, 3.05) is 25.1 Å². The molecule has 1 heterocycles. The van der Waals surface area contributed by atoms with Gasteiger partial charge in [0.25, 0.3) is 0 Å². The van der Waals surface area contributed by atoms with Gasteiger partial charge in [-0.05, 0) is 42.0 Å². The zero-order chi connectivity index (χ0) is 13.5. The van der Waals surface area contributed by atoms with E-state index in [9.17, 15) is 0 Å².